The Morgan fingerprint density at radius 2 is 2.00 bits per heavy atom. The molecule has 1 aliphatic heterocycles. The molecular formula is C14H22N4O. The van der Waals surface area contributed by atoms with Gasteiger partial charge in [-0.25, -0.2) is 4.98 Å². The van der Waals surface area contributed by atoms with Gasteiger partial charge in [0, 0.05) is 18.7 Å². The lowest BCUT2D eigenvalue weighted by Gasteiger charge is -2.40. The fourth-order valence-electron chi connectivity index (χ4n) is 3.05. The van der Waals surface area contributed by atoms with Crippen LogP contribution in [0, 0.1) is 0 Å². The van der Waals surface area contributed by atoms with Crippen LogP contribution < -0.4 is 10.6 Å². The van der Waals surface area contributed by atoms with Gasteiger partial charge < -0.3 is 15.4 Å². The predicted molar refractivity (Wildman–Crippen MR) is 75.3 cm³/mol. The Labute approximate surface area is 114 Å². The zero-order chi connectivity index (χ0) is 13.5. The van der Waals surface area contributed by atoms with Gasteiger partial charge in [0.05, 0.1) is 17.9 Å². The Balaban J connectivity index is 1.97. The summed E-state index contributed by atoms with van der Waals surface area (Å²) in [5, 5.41) is 0. The van der Waals surface area contributed by atoms with Gasteiger partial charge in [-0.2, -0.15) is 4.98 Å². The molecule has 0 aromatic carbocycles. The molecular weight excluding hydrogens is 240 g/mol. The van der Waals surface area contributed by atoms with Crippen molar-refractivity contribution < 1.29 is 4.74 Å². The molecule has 1 saturated heterocycles. The first-order chi connectivity index (χ1) is 9.05. The molecule has 19 heavy (non-hydrogen) atoms. The Hall–Kier alpha value is -1.36. The average molecular weight is 262 g/mol. The molecule has 0 radical (unpaired) electrons. The van der Waals surface area contributed by atoms with Gasteiger partial charge in [0.1, 0.15) is 5.82 Å². The van der Waals surface area contributed by atoms with E-state index in [9.17, 15) is 0 Å². The maximum atomic E-state index is 5.88. The van der Waals surface area contributed by atoms with Crippen molar-refractivity contribution in [2.24, 2.45) is 0 Å². The van der Waals surface area contributed by atoms with Gasteiger partial charge in [-0.3, -0.25) is 0 Å². The molecule has 2 heterocycles. The summed E-state index contributed by atoms with van der Waals surface area (Å²) < 4.78 is 5.78. The zero-order valence-corrected chi connectivity index (χ0v) is 11.8. The number of hydrogen-bond donors (Lipinski definition) is 1. The summed E-state index contributed by atoms with van der Waals surface area (Å²) in [6.07, 6.45) is 4.53. The van der Waals surface area contributed by atoms with E-state index in [-0.39, 0.29) is 5.60 Å². The largest absolute Gasteiger partial charge is 0.372 e. The molecule has 1 aromatic heterocycles. The number of nitrogens with two attached hydrogens (primary N) is 1. The topological polar surface area (TPSA) is 64.3 Å². The third-order valence-electron chi connectivity index (χ3n) is 3.90. The van der Waals surface area contributed by atoms with Gasteiger partial charge in [-0.1, -0.05) is 0 Å². The quantitative estimate of drug-likeness (QED) is 0.832. The van der Waals surface area contributed by atoms with Gasteiger partial charge in [0.15, 0.2) is 0 Å². The van der Waals surface area contributed by atoms with Crippen LogP contribution in [0.2, 0.25) is 0 Å². The van der Waals surface area contributed by atoms with E-state index in [4.69, 9.17) is 10.5 Å². The molecule has 0 spiro atoms. The molecule has 2 N–H and O–H groups in total. The molecule has 0 saturated carbocycles. The third kappa shape index (κ3) is 2.52. The number of hydrogen-bond acceptors (Lipinski definition) is 5. The summed E-state index contributed by atoms with van der Waals surface area (Å²) in [7, 11) is 0. The number of aromatic nitrogens is 2. The lowest BCUT2D eigenvalue weighted by atomic mass is 9.95. The van der Waals surface area contributed by atoms with Crippen LogP contribution in [0.4, 0.5) is 11.8 Å². The first kappa shape index (κ1) is 12.7. The molecule has 1 fully saturated rings. The van der Waals surface area contributed by atoms with Crippen molar-refractivity contribution >= 4 is 11.8 Å². The lowest BCUT2D eigenvalue weighted by Crippen LogP contribution is -2.49. The first-order valence-electron chi connectivity index (χ1n) is 7.09. The highest BCUT2D eigenvalue weighted by atomic mass is 16.5. The Kier molecular flexibility index (Phi) is 3.09. The van der Waals surface area contributed by atoms with Crippen molar-refractivity contribution in [3.8, 4) is 0 Å². The Morgan fingerprint density at radius 3 is 2.79 bits per heavy atom. The highest BCUT2D eigenvalue weighted by Crippen LogP contribution is 2.31. The van der Waals surface area contributed by atoms with Crippen molar-refractivity contribution in [2.45, 2.75) is 45.1 Å². The summed E-state index contributed by atoms with van der Waals surface area (Å²) in [6.45, 7) is 6.72. The SMILES string of the molecule is CC1(C)CN(c2nc(N)nc3c2CCCC3)CCO1. The number of nitrogen functional groups attached to an aromatic ring is 1. The molecule has 0 amide bonds. The number of morpholine rings is 1. The zero-order valence-electron chi connectivity index (χ0n) is 11.8. The van der Waals surface area contributed by atoms with E-state index in [1.807, 2.05) is 0 Å². The molecule has 5 nitrogen and oxygen atoms in total. The molecule has 0 atom stereocenters. The smallest absolute Gasteiger partial charge is 0.222 e. The normalized spacial score (nSPS) is 22.1. The predicted octanol–water partition coefficient (Wildman–Crippen LogP) is 1.55. The van der Waals surface area contributed by atoms with Crippen LogP contribution in [0.5, 0.6) is 0 Å². The molecule has 2 aliphatic rings. The van der Waals surface area contributed by atoms with Gasteiger partial charge in [0.25, 0.3) is 0 Å². The summed E-state index contributed by atoms with van der Waals surface area (Å²) >= 11 is 0. The highest BCUT2D eigenvalue weighted by molar-refractivity contribution is 5.53. The number of rotatable bonds is 1. The van der Waals surface area contributed by atoms with Crippen LogP contribution >= 0.6 is 0 Å². The second-order valence-corrected chi connectivity index (χ2v) is 6.07. The van der Waals surface area contributed by atoms with Crippen molar-refractivity contribution in [2.75, 3.05) is 30.3 Å². The minimum absolute atomic E-state index is 0.125. The van der Waals surface area contributed by atoms with E-state index < -0.39 is 0 Å². The van der Waals surface area contributed by atoms with Crippen LogP contribution in [0.3, 0.4) is 0 Å². The fraction of sp³-hybridized carbons (Fsp3) is 0.714. The van der Waals surface area contributed by atoms with Crippen LogP contribution in [0.25, 0.3) is 0 Å². The number of aryl methyl sites for hydroxylation is 1. The maximum Gasteiger partial charge on any atom is 0.222 e. The second kappa shape index (κ2) is 4.63. The number of nitrogens with zero attached hydrogens (tertiary/aromatic N) is 3. The molecule has 3 rings (SSSR count). The monoisotopic (exact) mass is 262 g/mol. The van der Waals surface area contributed by atoms with E-state index in [1.165, 1.54) is 18.4 Å². The summed E-state index contributed by atoms with van der Waals surface area (Å²) in [4.78, 5) is 11.2. The van der Waals surface area contributed by atoms with E-state index >= 15 is 0 Å². The van der Waals surface area contributed by atoms with Crippen LogP contribution in [0.15, 0.2) is 0 Å². The number of anilines is 2. The molecule has 104 valence electrons. The molecule has 0 bridgehead atoms. The standard InChI is InChI=1S/C14H22N4O/c1-14(2)9-18(7-8-19-14)12-10-5-3-4-6-11(10)16-13(15)17-12/h3-9H2,1-2H3,(H2,15,16,17). The Morgan fingerprint density at radius 1 is 1.21 bits per heavy atom. The van der Waals surface area contributed by atoms with E-state index in [2.05, 4.69) is 28.7 Å². The average Bonchev–Trinajstić information content (AvgIpc) is 2.36. The highest BCUT2D eigenvalue weighted by Gasteiger charge is 2.30. The minimum Gasteiger partial charge on any atom is -0.372 e. The van der Waals surface area contributed by atoms with Crippen molar-refractivity contribution in [1.29, 1.82) is 0 Å². The van der Waals surface area contributed by atoms with Crippen molar-refractivity contribution in [1.82, 2.24) is 9.97 Å². The molecule has 5 heteroatoms. The summed E-state index contributed by atoms with van der Waals surface area (Å²) in [5.74, 6) is 1.44. The van der Waals surface area contributed by atoms with Crippen molar-refractivity contribution in [3.05, 3.63) is 11.3 Å². The van der Waals surface area contributed by atoms with Gasteiger partial charge in [-0.15, -0.1) is 0 Å². The van der Waals surface area contributed by atoms with Gasteiger partial charge >= 0.3 is 0 Å². The molecule has 1 aliphatic carbocycles. The molecule has 0 unspecified atom stereocenters. The number of ether oxygens (including phenoxy) is 1. The van der Waals surface area contributed by atoms with Crippen LogP contribution in [0.1, 0.15) is 37.9 Å². The maximum absolute atomic E-state index is 5.88. The van der Waals surface area contributed by atoms with E-state index in [0.29, 0.717) is 5.95 Å². The van der Waals surface area contributed by atoms with E-state index in [0.717, 1.165) is 44.0 Å². The van der Waals surface area contributed by atoms with Crippen LogP contribution in [-0.2, 0) is 17.6 Å². The van der Waals surface area contributed by atoms with E-state index in [1.54, 1.807) is 0 Å². The summed E-state index contributed by atoms with van der Waals surface area (Å²) in [5.41, 5.74) is 8.21. The second-order valence-electron chi connectivity index (χ2n) is 6.07. The van der Waals surface area contributed by atoms with Crippen molar-refractivity contribution in [3.63, 3.8) is 0 Å². The van der Waals surface area contributed by atoms with Gasteiger partial charge in [0.2, 0.25) is 5.95 Å². The number of fused-ring (bicyclic) bond motifs is 1. The van der Waals surface area contributed by atoms with Crippen LogP contribution in [-0.4, -0.2) is 35.3 Å². The fourth-order valence-corrected chi connectivity index (χ4v) is 3.05. The molecule has 1 aromatic rings. The first-order valence-corrected chi connectivity index (χ1v) is 7.09. The lowest BCUT2D eigenvalue weighted by molar-refractivity contribution is -0.0279. The Bertz CT molecular complexity index is 487. The third-order valence-corrected chi connectivity index (χ3v) is 3.90. The summed E-state index contributed by atoms with van der Waals surface area (Å²) in [6, 6.07) is 0. The van der Waals surface area contributed by atoms with Gasteiger partial charge in [-0.05, 0) is 39.5 Å². The minimum atomic E-state index is -0.125.